The second-order valence-electron chi connectivity index (χ2n) is 8.43. The number of Topliss-reactive ketones (excluding diaryl/α,β-unsaturated/α-hetero) is 1. The second-order valence-corrected chi connectivity index (χ2v) is 8.43. The van der Waals surface area contributed by atoms with Gasteiger partial charge in [-0.05, 0) is 18.4 Å². The predicted octanol–water partition coefficient (Wildman–Crippen LogP) is -0.159. The fourth-order valence-corrected chi connectivity index (χ4v) is 3.78. The number of carbonyl (C=O) groups is 5. The highest BCUT2D eigenvalue weighted by molar-refractivity contribution is 6.38. The van der Waals surface area contributed by atoms with Crippen LogP contribution in [-0.4, -0.2) is 67.7 Å². The molecule has 2 rings (SSSR count). The summed E-state index contributed by atoms with van der Waals surface area (Å²) in [7, 11) is 1.28. The molecular formula is C23H30F2N4O6. The zero-order chi connectivity index (χ0) is 26.0. The Hall–Kier alpha value is -3.41. The first-order chi connectivity index (χ1) is 16.5. The lowest BCUT2D eigenvalue weighted by Crippen LogP contribution is -2.57. The Morgan fingerprint density at radius 1 is 1.11 bits per heavy atom. The van der Waals surface area contributed by atoms with E-state index in [4.69, 9.17) is 10.5 Å². The molecule has 1 aliphatic carbocycles. The lowest BCUT2D eigenvalue weighted by atomic mass is 9.86. The monoisotopic (exact) mass is 496 g/mol. The molecule has 0 aliphatic heterocycles. The van der Waals surface area contributed by atoms with Crippen molar-refractivity contribution in [3.8, 4) is 0 Å². The molecule has 4 amide bonds. The molecule has 10 nitrogen and oxygen atoms in total. The minimum absolute atomic E-state index is 0.0576. The number of methoxy groups -OCH3 is 1. The van der Waals surface area contributed by atoms with Gasteiger partial charge in [-0.2, -0.15) is 0 Å². The molecule has 0 saturated heterocycles. The third-order valence-corrected chi connectivity index (χ3v) is 5.54. The first-order valence-electron chi connectivity index (χ1n) is 11.1. The highest BCUT2D eigenvalue weighted by atomic mass is 19.3. The summed E-state index contributed by atoms with van der Waals surface area (Å²) in [4.78, 5) is 61.4. The van der Waals surface area contributed by atoms with Crippen molar-refractivity contribution in [2.75, 3.05) is 20.3 Å². The number of alkyl halides is 2. The predicted molar refractivity (Wildman–Crippen MR) is 120 cm³/mol. The van der Waals surface area contributed by atoms with Crippen LogP contribution in [0.15, 0.2) is 30.3 Å². The number of ketones is 1. The molecule has 1 unspecified atom stereocenters. The van der Waals surface area contributed by atoms with Gasteiger partial charge in [-0.25, -0.2) is 8.78 Å². The topological polar surface area (TPSA) is 157 Å². The van der Waals surface area contributed by atoms with Crippen molar-refractivity contribution >= 4 is 29.4 Å². The van der Waals surface area contributed by atoms with Crippen molar-refractivity contribution in [3.63, 3.8) is 0 Å². The van der Waals surface area contributed by atoms with Gasteiger partial charge in [0.25, 0.3) is 5.91 Å². The van der Waals surface area contributed by atoms with Gasteiger partial charge in [-0.1, -0.05) is 30.3 Å². The van der Waals surface area contributed by atoms with E-state index in [0.29, 0.717) is 5.56 Å². The Labute approximate surface area is 201 Å². The van der Waals surface area contributed by atoms with Crippen molar-refractivity contribution in [3.05, 3.63) is 35.9 Å². The van der Waals surface area contributed by atoms with E-state index in [1.807, 2.05) is 0 Å². The lowest BCUT2D eigenvalue weighted by molar-refractivity contribution is -0.141. The quantitative estimate of drug-likeness (QED) is 0.295. The van der Waals surface area contributed by atoms with E-state index in [0.717, 1.165) is 0 Å². The summed E-state index contributed by atoms with van der Waals surface area (Å²) in [5.74, 6) is -8.48. The van der Waals surface area contributed by atoms with E-state index >= 15 is 0 Å². The van der Waals surface area contributed by atoms with Gasteiger partial charge in [0.2, 0.25) is 29.4 Å². The van der Waals surface area contributed by atoms with E-state index in [2.05, 4.69) is 16.0 Å². The zero-order valence-corrected chi connectivity index (χ0v) is 19.4. The van der Waals surface area contributed by atoms with Crippen LogP contribution in [0.25, 0.3) is 0 Å². The maximum Gasteiger partial charge on any atom is 0.290 e. The van der Waals surface area contributed by atoms with Gasteiger partial charge in [0.1, 0.15) is 12.1 Å². The molecule has 5 N–H and O–H groups in total. The van der Waals surface area contributed by atoms with Crippen LogP contribution < -0.4 is 21.7 Å². The molecule has 12 heteroatoms. The zero-order valence-electron chi connectivity index (χ0n) is 19.4. The number of benzene rings is 1. The summed E-state index contributed by atoms with van der Waals surface area (Å²) in [5.41, 5.74) is 5.61. The molecule has 192 valence electrons. The number of nitrogens with one attached hydrogen (secondary N) is 3. The molecule has 0 spiro atoms. The highest BCUT2D eigenvalue weighted by Gasteiger charge is 2.40. The number of nitrogens with two attached hydrogens (primary N) is 1. The number of primary amides is 1. The molecule has 0 aromatic heterocycles. The average Bonchev–Trinajstić information content (AvgIpc) is 2.81. The van der Waals surface area contributed by atoms with Crippen molar-refractivity contribution < 1.29 is 37.5 Å². The summed E-state index contributed by atoms with van der Waals surface area (Å²) in [5, 5.41) is 6.93. The van der Waals surface area contributed by atoms with Crippen molar-refractivity contribution in [2.45, 2.75) is 50.1 Å². The van der Waals surface area contributed by atoms with Crippen LogP contribution in [-0.2, 0) is 35.1 Å². The first-order valence-corrected chi connectivity index (χ1v) is 11.1. The van der Waals surface area contributed by atoms with Gasteiger partial charge >= 0.3 is 0 Å². The van der Waals surface area contributed by atoms with Crippen molar-refractivity contribution in [1.82, 2.24) is 16.0 Å². The Morgan fingerprint density at radius 3 is 2.40 bits per heavy atom. The molecule has 1 aromatic carbocycles. The second kappa shape index (κ2) is 12.9. The highest BCUT2D eigenvalue weighted by Crippen LogP contribution is 2.36. The van der Waals surface area contributed by atoms with E-state index in [1.165, 1.54) is 7.11 Å². The standard InChI is InChI=1S/C23H30F2N4O6/c1-35-13-17(29-20(32)15-8-5-9-23(24,25)11-15)21(33)28-16(10-14-6-3-2-4-7-14)19(31)22(34)27-12-18(26)30/h2-4,6-7,15-17H,5,8-13H2,1H3,(H2,26,30)(H,27,34)(H,28,33)(H,29,32)/t15?,16-,17-/m1/s1. The van der Waals surface area contributed by atoms with Gasteiger partial charge in [0.15, 0.2) is 0 Å². The lowest BCUT2D eigenvalue weighted by Gasteiger charge is -2.29. The average molecular weight is 497 g/mol. The normalized spacial score (nSPS) is 18.5. The summed E-state index contributed by atoms with van der Waals surface area (Å²) < 4.78 is 32.4. The molecule has 0 bridgehead atoms. The maximum absolute atomic E-state index is 13.7. The third kappa shape index (κ3) is 9.04. The van der Waals surface area contributed by atoms with Crippen molar-refractivity contribution in [2.24, 2.45) is 11.7 Å². The Morgan fingerprint density at radius 2 is 1.80 bits per heavy atom. The molecule has 3 atom stereocenters. The summed E-state index contributed by atoms with van der Waals surface area (Å²) in [6, 6.07) is 5.91. The maximum atomic E-state index is 13.7. The molecular weight excluding hydrogens is 466 g/mol. The van der Waals surface area contributed by atoms with Gasteiger partial charge in [-0.15, -0.1) is 0 Å². The fourth-order valence-electron chi connectivity index (χ4n) is 3.78. The minimum Gasteiger partial charge on any atom is -0.382 e. The fraction of sp³-hybridized carbons (Fsp3) is 0.522. The Kier molecular flexibility index (Phi) is 10.2. The van der Waals surface area contributed by atoms with Crippen molar-refractivity contribution in [1.29, 1.82) is 0 Å². The minimum atomic E-state index is -2.95. The van der Waals surface area contributed by atoms with Gasteiger partial charge in [-0.3, -0.25) is 24.0 Å². The van der Waals surface area contributed by atoms with E-state index in [9.17, 15) is 32.8 Å². The van der Waals surface area contributed by atoms with E-state index in [-0.39, 0.29) is 32.3 Å². The number of carbonyl (C=O) groups excluding carboxylic acids is 5. The SMILES string of the molecule is COC[C@@H](NC(=O)C1CCCC(F)(F)C1)C(=O)N[C@H](Cc1ccccc1)C(=O)C(=O)NCC(N)=O. The summed E-state index contributed by atoms with van der Waals surface area (Å²) >= 11 is 0. The number of hydrogen-bond acceptors (Lipinski definition) is 6. The summed E-state index contributed by atoms with van der Waals surface area (Å²) in [6.07, 6.45) is -0.523. The molecule has 1 aliphatic rings. The third-order valence-electron chi connectivity index (χ3n) is 5.54. The number of amides is 4. The molecule has 0 radical (unpaired) electrons. The van der Waals surface area contributed by atoms with Gasteiger partial charge in [0.05, 0.1) is 13.2 Å². The molecule has 1 fully saturated rings. The van der Waals surface area contributed by atoms with Crippen LogP contribution in [0, 0.1) is 5.92 Å². The molecule has 1 saturated carbocycles. The Bertz CT molecular complexity index is 928. The largest absolute Gasteiger partial charge is 0.382 e. The van der Waals surface area contributed by atoms with Gasteiger partial charge < -0.3 is 26.4 Å². The van der Waals surface area contributed by atoms with Crippen LogP contribution in [0.5, 0.6) is 0 Å². The number of rotatable bonds is 12. The van der Waals surface area contributed by atoms with E-state index < -0.39 is 66.3 Å². The molecule has 1 aromatic rings. The summed E-state index contributed by atoms with van der Waals surface area (Å²) in [6.45, 7) is -0.855. The van der Waals surface area contributed by atoms with Crippen LogP contribution in [0.3, 0.4) is 0 Å². The smallest absolute Gasteiger partial charge is 0.290 e. The van der Waals surface area contributed by atoms with Crippen LogP contribution in [0.1, 0.15) is 31.2 Å². The number of ether oxygens (including phenoxy) is 1. The van der Waals surface area contributed by atoms with Gasteiger partial charge in [0, 0.05) is 32.3 Å². The molecule has 35 heavy (non-hydrogen) atoms. The van der Waals surface area contributed by atoms with Crippen LogP contribution >= 0.6 is 0 Å². The number of halogens is 2. The Balaban J connectivity index is 2.14. The van der Waals surface area contributed by atoms with Crippen LogP contribution in [0.4, 0.5) is 8.78 Å². The number of hydrogen-bond donors (Lipinski definition) is 4. The first kappa shape index (κ1) is 27.8. The van der Waals surface area contributed by atoms with E-state index in [1.54, 1.807) is 30.3 Å². The molecule has 0 heterocycles. The van der Waals surface area contributed by atoms with Crippen LogP contribution in [0.2, 0.25) is 0 Å².